The number of alkyl halides is 3. The van der Waals surface area contributed by atoms with E-state index in [1.54, 1.807) is 37.2 Å². The molecule has 2 rings (SSSR count). The summed E-state index contributed by atoms with van der Waals surface area (Å²) in [5.74, 6) is -0.237. The molecule has 0 aliphatic carbocycles. The van der Waals surface area contributed by atoms with Crippen LogP contribution in [0.1, 0.15) is 17.2 Å². The van der Waals surface area contributed by atoms with E-state index >= 15 is 0 Å². The molecular weight excluding hydrogens is 271 g/mol. The SMILES string of the molecule is CNC(c1cccc(OC(F)(F)F)c1)c1cnn(C)c1. The van der Waals surface area contributed by atoms with Crippen molar-refractivity contribution in [2.45, 2.75) is 12.4 Å². The van der Waals surface area contributed by atoms with Crippen molar-refractivity contribution in [1.29, 1.82) is 0 Å². The largest absolute Gasteiger partial charge is 0.573 e. The van der Waals surface area contributed by atoms with Gasteiger partial charge in [0.25, 0.3) is 0 Å². The number of hydrogen-bond acceptors (Lipinski definition) is 3. The molecule has 0 amide bonds. The van der Waals surface area contributed by atoms with Crippen molar-refractivity contribution in [3.63, 3.8) is 0 Å². The highest BCUT2D eigenvalue weighted by molar-refractivity contribution is 5.35. The second-order valence-corrected chi connectivity index (χ2v) is 4.29. The predicted octanol–water partition coefficient (Wildman–Crippen LogP) is 2.63. The monoisotopic (exact) mass is 285 g/mol. The molecule has 1 atom stereocenters. The molecule has 0 aliphatic rings. The molecule has 1 heterocycles. The molecule has 1 aromatic carbocycles. The number of nitrogens with one attached hydrogen (secondary N) is 1. The van der Waals surface area contributed by atoms with Gasteiger partial charge in [-0.2, -0.15) is 5.10 Å². The summed E-state index contributed by atoms with van der Waals surface area (Å²) in [6, 6.07) is 5.64. The maximum atomic E-state index is 12.2. The van der Waals surface area contributed by atoms with Gasteiger partial charge in [0.2, 0.25) is 0 Å². The molecule has 0 radical (unpaired) electrons. The van der Waals surface area contributed by atoms with Crippen LogP contribution < -0.4 is 10.1 Å². The van der Waals surface area contributed by atoms with E-state index in [1.165, 1.54) is 18.2 Å². The third-order valence-electron chi connectivity index (χ3n) is 2.77. The number of aryl methyl sites for hydroxylation is 1. The fraction of sp³-hybridized carbons (Fsp3) is 0.308. The number of halogens is 3. The lowest BCUT2D eigenvalue weighted by Crippen LogP contribution is -2.19. The maximum absolute atomic E-state index is 12.2. The number of hydrogen-bond donors (Lipinski definition) is 1. The Morgan fingerprint density at radius 2 is 2.05 bits per heavy atom. The molecule has 0 fully saturated rings. The minimum absolute atomic E-state index is 0.237. The minimum atomic E-state index is -4.69. The van der Waals surface area contributed by atoms with Gasteiger partial charge in [-0.1, -0.05) is 12.1 Å². The standard InChI is InChI=1S/C13H14F3N3O/c1-17-12(10-7-18-19(2)8-10)9-4-3-5-11(6-9)20-13(14,15)16/h3-8,12,17H,1-2H3. The first-order valence-electron chi connectivity index (χ1n) is 5.90. The Labute approximate surface area is 114 Å². The van der Waals surface area contributed by atoms with Gasteiger partial charge in [0.15, 0.2) is 0 Å². The van der Waals surface area contributed by atoms with Crippen molar-refractivity contribution < 1.29 is 17.9 Å². The van der Waals surface area contributed by atoms with Crippen LogP contribution in [0.3, 0.4) is 0 Å². The predicted molar refractivity (Wildman–Crippen MR) is 67.2 cm³/mol. The quantitative estimate of drug-likeness (QED) is 0.938. The summed E-state index contributed by atoms with van der Waals surface area (Å²) in [5, 5.41) is 7.11. The van der Waals surface area contributed by atoms with Crippen LogP contribution >= 0.6 is 0 Å². The van der Waals surface area contributed by atoms with Gasteiger partial charge in [-0.3, -0.25) is 4.68 Å². The number of rotatable bonds is 4. The fourth-order valence-electron chi connectivity index (χ4n) is 2.01. The molecule has 1 N–H and O–H groups in total. The van der Waals surface area contributed by atoms with Gasteiger partial charge in [0.1, 0.15) is 5.75 Å². The molecule has 20 heavy (non-hydrogen) atoms. The van der Waals surface area contributed by atoms with Gasteiger partial charge in [-0.15, -0.1) is 13.2 Å². The summed E-state index contributed by atoms with van der Waals surface area (Å²) in [5.41, 5.74) is 1.53. The zero-order valence-electron chi connectivity index (χ0n) is 11.0. The molecule has 2 aromatic rings. The summed E-state index contributed by atoms with van der Waals surface area (Å²) < 4.78 is 42.3. The van der Waals surface area contributed by atoms with E-state index in [1.807, 2.05) is 0 Å². The summed E-state index contributed by atoms with van der Waals surface area (Å²) in [7, 11) is 3.51. The molecule has 108 valence electrons. The van der Waals surface area contributed by atoms with Crippen molar-refractivity contribution in [2.24, 2.45) is 7.05 Å². The molecule has 1 unspecified atom stereocenters. The summed E-state index contributed by atoms with van der Waals surface area (Å²) in [6.07, 6.45) is -1.22. The summed E-state index contributed by atoms with van der Waals surface area (Å²) >= 11 is 0. The summed E-state index contributed by atoms with van der Waals surface area (Å²) in [6.45, 7) is 0. The van der Waals surface area contributed by atoms with E-state index in [2.05, 4.69) is 15.2 Å². The lowest BCUT2D eigenvalue weighted by Gasteiger charge is -2.16. The molecule has 4 nitrogen and oxygen atoms in total. The van der Waals surface area contributed by atoms with Crippen molar-refractivity contribution in [3.8, 4) is 5.75 Å². The van der Waals surface area contributed by atoms with Crippen LogP contribution in [0.25, 0.3) is 0 Å². The van der Waals surface area contributed by atoms with Gasteiger partial charge >= 0.3 is 6.36 Å². The first-order chi connectivity index (χ1) is 9.39. The number of benzene rings is 1. The lowest BCUT2D eigenvalue weighted by molar-refractivity contribution is -0.274. The molecule has 0 saturated carbocycles. The van der Waals surface area contributed by atoms with Crippen LogP contribution in [-0.4, -0.2) is 23.2 Å². The van der Waals surface area contributed by atoms with Gasteiger partial charge in [-0.25, -0.2) is 0 Å². The Bertz CT molecular complexity index is 580. The van der Waals surface area contributed by atoms with E-state index in [-0.39, 0.29) is 11.8 Å². The van der Waals surface area contributed by atoms with Crippen LogP contribution in [0.15, 0.2) is 36.7 Å². The Balaban J connectivity index is 2.29. The zero-order chi connectivity index (χ0) is 14.8. The summed E-state index contributed by atoms with van der Waals surface area (Å²) in [4.78, 5) is 0. The highest BCUT2D eigenvalue weighted by Crippen LogP contribution is 2.28. The van der Waals surface area contributed by atoms with E-state index < -0.39 is 6.36 Å². The molecule has 0 spiro atoms. The minimum Gasteiger partial charge on any atom is -0.406 e. The van der Waals surface area contributed by atoms with E-state index in [9.17, 15) is 13.2 Å². The highest BCUT2D eigenvalue weighted by atomic mass is 19.4. The first kappa shape index (κ1) is 14.4. The number of nitrogens with zero attached hydrogens (tertiary/aromatic N) is 2. The Hall–Kier alpha value is -2.02. The Morgan fingerprint density at radius 1 is 1.30 bits per heavy atom. The van der Waals surface area contributed by atoms with Crippen LogP contribution in [0.4, 0.5) is 13.2 Å². The Morgan fingerprint density at radius 3 is 2.60 bits per heavy atom. The molecular formula is C13H14F3N3O. The molecule has 0 saturated heterocycles. The number of aromatic nitrogens is 2. The van der Waals surface area contributed by atoms with Gasteiger partial charge < -0.3 is 10.1 Å². The highest BCUT2D eigenvalue weighted by Gasteiger charge is 2.31. The fourth-order valence-corrected chi connectivity index (χ4v) is 2.01. The normalized spacial score (nSPS) is 13.2. The van der Waals surface area contributed by atoms with Gasteiger partial charge in [0.05, 0.1) is 12.2 Å². The second-order valence-electron chi connectivity index (χ2n) is 4.29. The van der Waals surface area contributed by atoms with Gasteiger partial charge in [0, 0.05) is 18.8 Å². The van der Waals surface area contributed by atoms with E-state index in [0.29, 0.717) is 5.56 Å². The van der Waals surface area contributed by atoms with Crippen LogP contribution in [0.5, 0.6) is 5.75 Å². The molecule has 7 heteroatoms. The van der Waals surface area contributed by atoms with Crippen LogP contribution in [-0.2, 0) is 7.05 Å². The van der Waals surface area contributed by atoms with Crippen molar-refractivity contribution in [1.82, 2.24) is 15.1 Å². The third kappa shape index (κ3) is 3.51. The average Bonchev–Trinajstić information content (AvgIpc) is 2.75. The van der Waals surface area contributed by atoms with Crippen molar-refractivity contribution in [3.05, 3.63) is 47.8 Å². The maximum Gasteiger partial charge on any atom is 0.573 e. The van der Waals surface area contributed by atoms with Crippen LogP contribution in [0.2, 0.25) is 0 Å². The average molecular weight is 285 g/mol. The van der Waals surface area contributed by atoms with Crippen molar-refractivity contribution >= 4 is 0 Å². The topological polar surface area (TPSA) is 39.1 Å². The first-order valence-corrected chi connectivity index (χ1v) is 5.90. The Kier molecular flexibility index (Phi) is 3.99. The van der Waals surface area contributed by atoms with Crippen molar-refractivity contribution in [2.75, 3.05) is 7.05 Å². The molecule has 0 bridgehead atoms. The second kappa shape index (κ2) is 5.54. The number of ether oxygens (including phenoxy) is 1. The van der Waals surface area contributed by atoms with Crippen LogP contribution in [0, 0.1) is 0 Å². The van der Waals surface area contributed by atoms with Gasteiger partial charge in [-0.05, 0) is 24.7 Å². The lowest BCUT2D eigenvalue weighted by atomic mass is 10.0. The third-order valence-corrected chi connectivity index (χ3v) is 2.77. The molecule has 1 aromatic heterocycles. The van der Waals surface area contributed by atoms with E-state index in [0.717, 1.165) is 5.56 Å². The smallest absolute Gasteiger partial charge is 0.406 e. The molecule has 0 aliphatic heterocycles. The van der Waals surface area contributed by atoms with E-state index in [4.69, 9.17) is 0 Å². The zero-order valence-corrected chi connectivity index (χ0v) is 11.0.